The Hall–Kier alpha value is -2.11. The predicted molar refractivity (Wildman–Crippen MR) is 103 cm³/mol. The van der Waals surface area contributed by atoms with Gasteiger partial charge in [0.1, 0.15) is 12.4 Å². The summed E-state index contributed by atoms with van der Waals surface area (Å²) in [5, 5.41) is 0. The van der Waals surface area contributed by atoms with Gasteiger partial charge in [-0.25, -0.2) is 0 Å². The third-order valence-electron chi connectivity index (χ3n) is 5.18. The number of aryl methyl sites for hydroxylation is 1. The molecule has 0 aromatic heterocycles. The van der Waals surface area contributed by atoms with Crippen LogP contribution in [-0.4, -0.2) is 24.6 Å². The van der Waals surface area contributed by atoms with Gasteiger partial charge in [0.05, 0.1) is 16.8 Å². The summed E-state index contributed by atoms with van der Waals surface area (Å²) >= 11 is 0. The normalized spacial score (nSPS) is 18.0. The minimum atomic E-state index is -0.598. The SMILES string of the molecule is Cc1cc(OCc2ccccc2)c(C=O)c(B2OC(C)(C)C(C)(C)O2)c1. The van der Waals surface area contributed by atoms with E-state index in [0.29, 0.717) is 23.4 Å². The summed E-state index contributed by atoms with van der Waals surface area (Å²) in [7, 11) is -0.598. The first-order valence-electron chi connectivity index (χ1n) is 8.85. The van der Waals surface area contributed by atoms with Gasteiger partial charge >= 0.3 is 7.12 Å². The van der Waals surface area contributed by atoms with E-state index in [-0.39, 0.29) is 0 Å². The van der Waals surface area contributed by atoms with Crippen molar-refractivity contribution in [1.29, 1.82) is 0 Å². The molecule has 0 spiro atoms. The third kappa shape index (κ3) is 3.55. The monoisotopic (exact) mass is 352 g/mol. The van der Waals surface area contributed by atoms with Gasteiger partial charge < -0.3 is 14.0 Å². The van der Waals surface area contributed by atoms with E-state index in [2.05, 4.69) is 0 Å². The minimum absolute atomic E-state index is 0.397. The Labute approximate surface area is 155 Å². The van der Waals surface area contributed by atoms with Crippen LogP contribution in [0.25, 0.3) is 0 Å². The van der Waals surface area contributed by atoms with E-state index in [1.165, 1.54) is 0 Å². The van der Waals surface area contributed by atoms with Crippen LogP contribution in [0.2, 0.25) is 0 Å². The topological polar surface area (TPSA) is 44.8 Å². The summed E-state index contributed by atoms with van der Waals surface area (Å²) in [6.07, 6.45) is 0.820. The highest BCUT2D eigenvalue weighted by Gasteiger charge is 2.52. The van der Waals surface area contributed by atoms with Gasteiger partial charge in [0.15, 0.2) is 6.29 Å². The summed E-state index contributed by atoms with van der Waals surface area (Å²) in [5.74, 6) is 0.550. The predicted octanol–water partition coefficient (Wildman–Crippen LogP) is 3.69. The first-order valence-corrected chi connectivity index (χ1v) is 8.85. The van der Waals surface area contributed by atoms with Gasteiger partial charge in [-0.1, -0.05) is 36.4 Å². The van der Waals surface area contributed by atoms with E-state index in [1.54, 1.807) is 0 Å². The maximum atomic E-state index is 11.9. The molecule has 1 saturated heterocycles. The maximum absolute atomic E-state index is 11.9. The zero-order valence-electron chi connectivity index (χ0n) is 16.0. The van der Waals surface area contributed by atoms with Gasteiger partial charge in [-0.2, -0.15) is 0 Å². The van der Waals surface area contributed by atoms with Crippen molar-refractivity contribution in [2.24, 2.45) is 0 Å². The second-order valence-corrected chi connectivity index (χ2v) is 7.75. The molecule has 0 N–H and O–H groups in total. The summed E-state index contributed by atoms with van der Waals surface area (Å²) < 4.78 is 18.2. The molecule has 0 unspecified atom stereocenters. The summed E-state index contributed by atoms with van der Waals surface area (Å²) in [6.45, 7) is 10.4. The molecule has 0 amide bonds. The molecule has 1 heterocycles. The average molecular weight is 352 g/mol. The standard InChI is InChI=1S/C21H25BO4/c1-15-11-18(22-25-20(2,3)21(4,5)26-22)17(13-23)19(12-15)24-14-16-9-7-6-8-10-16/h6-13H,14H2,1-5H3. The Morgan fingerprint density at radius 1 is 1.04 bits per heavy atom. The quantitative estimate of drug-likeness (QED) is 0.608. The van der Waals surface area contributed by atoms with Crippen molar-refractivity contribution in [3.8, 4) is 5.75 Å². The van der Waals surface area contributed by atoms with E-state index >= 15 is 0 Å². The van der Waals surface area contributed by atoms with Crippen LogP contribution < -0.4 is 10.2 Å². The summed E-state index contributed by atoms with van der Waals surface area (Å²) in [4.78, 5) is 11.9. The molecule has 136 valence electrons. The summed E-state index contributed by atoms with van der Waals surface area (Å²) in [5.41, 5.74) is 2.29. The van der Waals surface area contributed by atoms with E-state index < -0.39 is 18.3 Å². The fraction of sp³-hybridized carbons (Fsp3) is 0.381. The van der Waals surface area contributed by atoms with Crippen molar-refractivity contribution in [3.63, 3.8) is 0 Å². The molecule has 1 aliphatic rings. The van der Waals surface area contributed by atoms with Crippen LogP contribution in [0.3, 0.4) is 0 Å². The van der Waals surface area contributed by atoms with Crippen molar-refractivity contribution < 1.29 is 18.8 Å². The fourth-order valence-electron chi connectivity index (χ4n) is 2.94. The Morgan fingerprint density at radius 3 is 2.23 bits per heavy atom. The van der Waals surface area contributed by atoms with Gasteiger partial charge in [0.25, 0.3) is 0 Å². The number of aldehydes is 1. The molecule has 1 fully saturated rings. The Kier molecular flexibility index (Phi) is 4.95. The molecular formula is C21H25BO4. The number of carbonyl (C=O) groups excluding carboxylic acids is 1. The van der Waals surface area contributed by atoms with E-state index in [0.717, 1.165) is 17.4 Å². The molecule has 26 heavy (non-hydrogen) atoms. The van der Waals surface area contributed by atoms with Crippen LogP contribution in [0.15, 0.2) is 42.5 Å². The lowest BCUT2D eigenvalue weighted by molar-refractivity contribution is 0.00578. The second kappa shape index (κ2) is 6.90. The van der Waals surface area contributed by atoms with Crippen molar-refractivity contribution >= 4 is 18.9 Å². The molecule has 2 aromatic carbocycles. The number of rotatable bonds is 5. The number of hydrogen-bond donors (Lipinski definition) is 0. The minimum Gasteiger partial charge on any atom is -0.488 e. The van der Waals surface area contributed by atoms with Crippen LogP contribution in [0.1, 0.15) is 49.2 Å². The lowest BCUT2D eigenvalue weighted by Crippen LogP contribution is -2.41. The van der Waals surface area contributed by atoms with Gasteiger partial charge in [-0.05, 0) is 57.3 Å². The molecule has 2 aromatic rings. The van der Waals surface area contributed by atoms with Crippen molar-refractivity contribution in [1.82, 2.24) is 0 Å². The molecular weight excluding hydrogens is 327 g/mol. The average Bonchev–Trinajstić information content (AvgIpc) is 2.81. The van der Waals surface area contributed by atoms with E-state index in [9.17, 15) is 4.79 Å². The molecule has 0 atom stereocenters. The zero-order chi connectivity index (χ0) is 18.9. The van der Waals surface area contributed by atoms with Gasteiger partial charge in [-0.15, -0.1) is 0 Å². The largest absolute Gasteiger partial charge is 0.495 e. The van der Waals surface area contributed by atoms with E-state index in [1.807, 2.05) is 77.1 Å². The van der Waals surface area contributed by atoms with Crippen LogP contribution in [0, 0.1) is 6.92 Å². The highest BCUT2D eigenvalue weighted by Crippen LogP contribution is 2.37. The van der Waals surface area contributed by atoms with Crippen LogP contribution in [0.5, 0.6) is 5.75 Å². The molecule has 1 aliphatic heterocycles. The van der Waals surface area contributed by atoms with Crippen LogP contribution >= 0.6 is 0 Å². The van der Waals surface area contributed by atoms with Gasteiger partial charge in [0.2, 0.25) is 0 Å². The maximum Gasteiger partial charge on any atom is 0.495 e. The fourth-order valence-corrected chi connectivity index (χ4v) is 2.94. The van der Waals surface area contributed by atoms with Crippen LogP contribution in [0.4, 0.5) is 0 Å². The van der Waals surface area contributed by atoms with E-state index in [4.69, 9.17) is 14.0 Å². The van der Waals surface area contributed by atoms with Gasteiger partial charge in [0, 0.05) is 0 Å². The molecule has 0 radical (unpaired) electrons. The molecule has 3 rings (SSSR count). The number of benzene rings is 2. The van der Waals surface area contributed by atoms with Crippen molar-refractivity contribution in [2.45, 2.75) is 52.4 Å². The van der Waals surface area contributed by atoms with Crippen molar-refractivity contribution in [3.05, 3.63) is 59.2 Å². The number of hydrogen-bond acceptors (Lipinski definition) is 4. The molecule has 4 nitrogen and oxygen atoms in total. The molecule has 0 bridgehead atoms. The molecule has 5 heteroatoms. The molecule has 0 saturated carbocycles. The molecule has 0 aliphatic carbocycles. The second-order valence-electron chi connectivity index (χ2n) is 7.75. The van der Waals surface area contributed by atoms with Crippen LogP contribution in [-0.2, 0) is 15.9 Å². The Balaban J connectivity index is 1.92. The zero-order valence-corrected chi connectivity index (χ0v) is 16.0. The van der Waals surface area contributed by atoms with Gasteiger partial charge in [-0.3, -0.25) is 4.79 Å². The Morgan fingerprint density at radius 2 is 1.65 bits per heavy atom. The highest BCUT2D eigenvalue weighted by molar-refractivity contribution is 6.63. The lowest BCUT2D eigenvalue weighted by Gasteiger charge is -2.32. The van der Waals surface area contributed by atoms with Crippen molar-refractivity contribution in [2.75, 3.05) is 0 Å². The summed E-state index contributed by atoms with van der Waals surface area (Å²) in [6, 6.07) is 13.7. The smallest absolute Gasteiger partial charge is 0.488 e. The third-order valence-corrected chi connectivity index (χ3v) is 5.18. The number of carbonyl (C=O) groups is 1. The number of ether oxygens (including phenoxy) is 1. The highest BCUT2D eigenvalue weighted by atomic mass is 16.7. The Bertz CT molecular complexity index is 783. The lowest BCUT2D eigenvalue weighted by atomic mass is 9.75. The first-order chi connectivity index (χ1) is 12.2. The first kappa shape index (κ1) is 18.7.